The minimum Gasteiger partial charge on any atom is -0.350 e. The first-order chi connectivity index (χ1) is 12.2. The van der Waals surface area contributed by atoms with Crippen LogP contribution in [0.4, 0.5) is 0 Å². The number of aromatic nitrogens is 3. The SMILES string of the molecule is O=C(NCc1nn(Cc2ccccn2)c(=O)c2ccccc12)C1CC1. The van der Waals surface area contributed by atoms with Gasteiger partial charge in [-0.2, -0.15) is 5.10 Å². The van der Waals surface area contributed by atoms with Gasteiger partial charge in [0.25, 0.3) is 5.56 Å². The van der Waals surface area contributed by atoms with Gasteiger partial charge in [-0.3, -0.25) is 14.6 Å². The molecule has 1 saturated carbocycles. The van der Waals surface area contributed by atoms with Crippen molar-refractivity contribution in [1.82, 2.24) is 20.1 Å². The van der Waals surface area contributed by atoms with Crippen LogP contribution < -0.4 is 10.9 Å². The van der Waals surface area contributed by atoms with E-state index < -0.39 is 0 Å². The van der Waals surface area contributed by atoms with E-state index in [1.165, 1.54) is 4.68 Å². The van der Waals surface area contributed by atoms with E-state index in [0.717, 1.165) is 23.9 Å². The number of carbonyl (C=O) groups is 1. The zero-order chi connectivity index (χ0) is 17.2. The van der Waals surface area contributed by atoms with Gasteiger partial charge in [-0.25, -0.2) is 4.68 Å². The number of fused-ring (bicyclic) bond motifs is 1. The Morgan fingerprint density at radius 1 is 1.12 bits per heavy atom. The lowest BCUT2D eigenvalue weighted by Crippen LogP contribution is -2.29. The van der Waals surface area contributed by atoms with Gasteiger partial charge in [-0.05, 0) is 31.0 Å². The lowest BCUT2D eigenvalue weighted by atomic mass is 10.1. The zero-order valence-corrected chi connectivity index (χ0v) is 13.7. The second kappa shape index (κ2) is 6.47. The predicted molar refractivity (Wildman–Crippen MR) is 93.9 cm³/mol. The van der Waals surface area contributed by atoms with Gasteiger partial charge in [-0.1, -0.05) is 24.3 Å². The Kier molecular flexibility index (Phi) is 4.01. The summed E-state index contributed by atoms with van der Waals surface area (Å²) in [5.41, 5.74) is 1.30. The molecule has 1 N–H and O–H groups in total. The van der Waals surface area contributed by atoms with Crippen molar-refractivity contribution in [2.24, 2.45) is 5.92 Å². The molecule has 0 radical (unpaired) electrons. The van der Waals surface area contributed by atoms with Crippen molar-refractivity contribution in [2.75, 3.05) is 0 Å². The fraction of sp³-hybridized carbons (Fsp3) is 0.263. The number of nitrogens with zero attached hydrogens (tertiary/aromatic N) is 3. The molecule has 25 heavy (non-hydrogen) atoms. The number of benzene rings is 1. The Balaban J connectivity index is 1.71. The van der Waals surface area contributed by atoms with Gasteiger partial charge in [0.05, 0.1) is 29.9 Å². The number of pyridine rings is 1. The Morgan fingerprint density at radius 2 is 1.88 bits per heavy atom. The van der Waals surface area contributed by atoms with Crippen molar-refractivity contribution in [1.29, 1.82) is 0 Å². The summed E-state index contributed by atoms with van der Waals surface area (Å²) in [7, 11) is 0. The summed E-state index contributed by atoms with van der Waals surface area (Å²) in [5, 5.41) is 8.81. The lowest BCUT2D eigenvalue weighted by Gasteiger charge is -2.11. The van der Waals surface area contributed by atoms with Crippen LogP contribution in [0.1, 0.15) is 24.2 Å². The molecule has 0 saturated heterocycles. The van der Waals surface area contributed by atoms with Gasteiger partial charge < -0.3 is 5.32 Å². The molecular formula is C19H18N4O2. The van der Waals surface area contributed by atoms with E-state index in [-0.39, 0.29) is 17.4 Å². The predicted octanol–water partition coefficient (Wildman–Crippen LogP) is 1.87. The Bertz CT molecular complexity index is 978. The molecule has 0 spiro atoms. The molecule has 2 heterocycles. The molecule has 126 valence electrons. The van der Waals surface area contributed by atoms with Crippen LogP contribution in [0, 0.1) is 5.92 Å². The van der Waals surface area contributed by atoms with Crippen LogP contribution in [-0.4, -0.2) is 20.7 Å². The minimum atomic E-state index is -0.154. The monoisotopic (exact) mass is 334 g/mol. The molecule has 1 aliphatic carbocycles. The summed E-state index contributed by atoms with van der Waals surface area (Å²) >= 11 is 0. The molecule has 1 aliphatic rings. The summed E-state index contributed by atoms with van der Waals surface area (Å²) in [6.45, 7) is 0.617. The minimum absolute atomic E-state index is 0.0633. The smallest absolute Gasteiger partial charge is 0.275 e. The van der Waals surface area contributed by atoms with E-state index in [1.54, 1.807) is 12.3 Å². The third kappa shape index (κ3) is 3.28. The zero-order valence-electron chi connectivity index (χ0n) is 13.7. The molecule has 0 unspecified atom stereocenters. The second-order valence-corrected chi connectivity index (χ2v) is 6.27. The normalized spacial score (nSPS) is 13.8. The third-order valence-electron chi connectivity index (χ3n) is 4.36. The highest BCUT2D eigenvalue weighted by Gasteiger charge is 2.29. The second-order valence-electron chi connectivity index (χ2n) is 6.27. The van der Waals surface area contributed by atoms with E-state index in [2.05, 4.69) is 15.4 Å². The van der Waals surface area contributed by atoms with Gasteiger partial charge in [0.1, 0.15) is 0 Å². The number of nitrogens with one attached hydrogen (secondary N) is 1. The van der Waals surface area contributed by atoms with E-state index in [0.29, 0.717) is 24.2 Å². The van der Waals surface area contributed by atoms with Crippen LogP contribution in [0.15, 0.2) is 53.5 Å². The van der Waals surface area contributed by atoms with E-state index in [1.807, 2.05) is 36.4 Å². The van der Waals surface area contributed by atoms with Gasteiger partial charge in [-0.15, -0.1) is 0 Å². The maximum Gasteiger partial charge on any atom is 0.275 e. The standard InChI is InChI=1S/C19H18N4O2/c24-18(13-8-9-13)21-11-17-15-6-1-2-7-16(15)19(25)23(22-17)12-14-5-3-4-10-20-14/h1-7,10,13H,8-9,11-12H2,(H,21,24). The number of amides is 1. The van der Waals surface area contributed by atoms with Gasteiger partial charge in [0.2, 0.25) is 5.91 Å². The number of hydrogen-bond acceptors (Lipinski definition) is 4. The van der Waals surface area contributed by atoms with Crippen LogP contribution >= 0.6 is 0 Å². The maximum absolute atomic E-state index is 12.7. The topological polar surface area (TPSA) is 76.9 Å². The average molecular weight is 334 g/mol. The highest BCUT2D eigenvalue weighted by Crippen LogP contribution is 2.28. The molecule has 1 amide bonds. The largest absolute Gasteiger partial charge is 0.350 e. The first kappa shape index (κ1) is 15.5. The summed E-state index contributed by atoms with van der Waals surface area (Å²) in [6.07, 6.45) is 3.61. The van der Waals surface area contributed by atoms with Crippen molar-refractivity contribution in [3.05, 3.63) is 70.4 Å². The molecular weight excluding hydrogens is 316 g/mol. The van der Waals surface area contributed by atoms with E-state index in [9.17, 15) is 9.59 Å². The molecule has 2 aromatic heterocycles. The Morgan fingerprint density at radius 3 is 2.60 bits per heavy atom. The quantitative estimate of drug-likeness (QED) is 0.773. The van der Waals surface area contributed by atoms with Crippen LogP contribution in [-0.2, 0) is 17.9 Å². The first-order valence-electron chi connectivity index (χ1n) is 8.39. The molecule has 6 heteroatoms. The lowest BCUT2D eigenvalue weighted by molar-refractivity contribution is -0.122. The summed E-state index contributed by atoms with van der Waals surface area (Å²) in [5.74, 6) is 0.207. The van der Waals surface area contributed by atoms with Crippen LogP contribution in [0.2, 0.25) is 0 Å². The first-order valence-corrected chi connectivity index (χ1v) is 8.39. The average Bonchev–Trinajstić information content (AvgIpc) is 3.49. The maximum atomic E-state index is 12.7. The molecule has 0 bridgehead atoms. The Hall–Kier alpha value is -3.02. The van der Waals surface area contributed by atoms with Gasteiger partial charge in [0.15, 0.2) is 0 Å². The molecule has 3 aromatic rings. The summed E-state index contributed by atoms with van der Waals surface area (Å²) in [6, 6.07) is 12.9. The van der Waals surface area contributed by atoms with E-state index >= 15 is 0 Å². The van der Waals surface area contributed by atoms with Crippen molar-refractivity contribution in [3.8, 4) is 0 Å². The van der Waals surface area contributed by atoms with Crippen molar-refractivity contribution in [2.45, 2.75) is 25.9 Å². The number of carbonyl (C=O) groups excluding carboxylic acids is 1. The van der Waals surface area contributed by atoms with Crippen LogP contribution in [0.25, 0.3) is 10.8 Å². The molecule has 6 nitrogen and oxygen atoms in total. The fourth-order valence-corrected chi connectivity index (χ4v) is 2.85. The van der Waals surface area contributed by atoms with E-state index in [4.69, 9.17) is 0 Å². The van der Waals surface area contributed by atoms with Crippen molar-refractivity contribution >= 4 is 16.7 Å². The molecule has 0 atom stereocenters. The van der Waals surface area contributed by atoms with Gasteiger partial charge >= 0.3 is 0 Å². The number of hydrogen-bond donors (Lipinski definition) is 1. The highest BCUT2D eigenvalue weighted by atomic mass is 16.2. The molecule has 0 aliphatic heterocycles. The fourth-order valence-electron chi connectivity index (χ4n) is 2.85. The van der Waals surface area contributed by atoms with Crippen molar-refractivity contribution in [3.63, 3.8) is 0 Å². The van der Waals surface area contributed by atoms with Gasteiger partial charge in [0, 0.05) is 17.5 Å². The summed E-state index contributed by atoms with van der Waals surface area (Å²) in [4.78, 5) is 28.9. The third-order valence-corrected chi connectivity index (χ3v) is 4.36. The Labute approximate surface area is 144 Å². The van der Waals surface area contributed by atoms with Crippen LogP contribution in [0.3, 0.4) is 0 Å². The number of rotatable bonds is 5. The molecule has 1 aromatic carbocycles. The molecule has 1 fully saturated rings. The highest BCUT2D eigenvalue weighted by molar-refractivity contribution is 5.85. The van der Waals surface area contributed by atoms with Crippen LogP contribution in [0.5, 0.6) is 0 Å². The van der Waals surface area contributed by atoms with Crippen molar-refractivity contribution < 1.29 is 4.79 Å². The molecule has 4 rings (SSSR count). The summed E-state index contributed by atoms with van der Waals surface area (Å²) < 4.78 is 1.42.